The van der Waals surface area contributed by atoms with Crippen LogP contribution in [0.15, 0.2) is 0 Å². The fourth-order valence-corrected chi connectivity index (χ4v) is 8.27. The summed E-state index contributed by atoms with van der Waals surface area (Å²) in [7, 11) is -2.46. The molecular weight excluding hydrogens is 180 g/mol. The minimum atomic E-state index is -1.23. The topological polar surface area (TPSA) is 9.23 Å². The van der Waals surface area contributed by atoms with Gasteiger partial charge in [0.15, 0.2) is 16.6 Å². The smallest absolute Gasteiger partial charge is 0.170 e. The molecule has 64 valence electrons. The summed E-state index contributed by atoms with van der Waals surface area (Å²) < 4.78 is 5.90. The van der Waals surface area contributed by atoms with Gasteiger partial charge >= 0.3 is 0 Å². The standard InChI is InChI=1S/C6H18OSi2.ClH/c1-8(2,3)7-9(4,5)6;/h1-6H3;1H. The first-order valence-corrected chi connectivity index (χ1v) is 10.2. The van der Waals surface area contributed by atoms with Crippen molar-refractivity contribution in [1.29, 1.82) is 0 Å². The summed E-state index contributed by atoms with van der Waals surface area (Å²) in [4.78, 5) is 0. The van der Waals surface area contributed by atoms with Crippen LogP contribution >= 0.6 is 12.4 Å². The van der Waals surface area contributed by atoms with Crippen molar-refractivity contribution in [3.05, 3.63) is 0 Å². The SMILES string of the molecule is C[Si](C)(C)O[Si](C)(C)C.Cl. The molecule has 0 fully saturated rings. The van der Waals surface area contributed by atoms with Crippen LogP contribution in [0.4, 0.5) is 0 Å². The predicted octanol–water partition coefficient (Wildman–Crippen LogP) is 3.09. The second-order valence-corrected chi connectivity index (χ2v) is 13.6. The second kappa shape index (κ2) is 3.90. The van der Waals surface area contributed by atoms with Crippen LogP contribution in [0.2, 0.25) is 39.3 Å². The van der Waals surface area contributed by atoms with Crippen molar-refractivity contribution in [2.75, 3.05) is 0 Å². The Morgan fingerprint density at radius 3 is 0.900 bits per heavy atom. The van der Waals surface area contributed by atoms with Crippen molar-refractivity contribution in [3.8, 4) is 0 Å². The van der Waals surface area contributed by atoms with Crippen LogP contribution < -0.4 is 0 Å². The van der Waals surface area contributed by atoms with Crippen molar-refractivity contribution in [3.63, 3.8) is 0 Å². The van der Waals surface area contributed by atoms with E-state index in [1.807, 2.05) is 0 Å². The molecule has 0 N–H and O–H groups in total. The van der Waals surface area contributed by atoms with Crippen LogP contribution in [0.3, 0.4) is 0 Å². The molecule has 1 nitrogen and oxygen atoms in total. The Morgan fingerprint density at radius 1 is 0.700 bits per heavy atom. The van der Waals surface area contributed by atoms with E-state index in [2.05, 4.69) is 39.3 Å². The van der Waals surface area contributed by atoms with Crippen LogP contribution in [0.25, 0.3) is 0 Å². The Bertz CT molecular complexity index is 80.9. The lowest BCUT2D eigenvalue weighted by Gasteiger charge is -2.27. The van der Waals surface area contributed by atoms with E-state index in [1.165, 1.54) is 0 Å². The Kier molecular flexibility index (Phi) is 5.18. The Labute approximate surface area is 72.8 Å². The van der Waals surface area contributed by atoms with Crippen LogP contribution in [-0.4, -0.2) is 16.6 Å². The van der Waals surface area contributed by atoms with Gasteiger partial charge in [-0.15, -0.1) is 12.4 Å². The maximum atomic E-state index is 5.90. The van der Waals surface area contributed by atoms with Crippen molar-refractivity contribution in [1.82, 2.24) is 0 Å². The first-order chi connectivity index (χ1) is 3.71. The zero-order valence-corrected chi connectivity index (χ0v) is 10.6. The number of hydrogen-bond acceptors (Lipinski definition) is 1. The molecule has 0 atom stereocenters. The van der Waals surface area contributed by atoms with Crippen LogP contribution in [0.1, 0.15) is 0 Å². The van der Waals surface area contributed by atoms with E-state index in [9.17, 15) is 0 Å². The molecule has 0 saturated heterocycles. The molecule has 0 saturated carbocycles. The molecule has 0 amide bonds. The molecule has 0 unspecified atom stereocenters. The molecule has 0 aliphatic carbocycles. The Morgan fingerprint density at radius 2 is 0.900 bits per heavy atom. The average Bonchev–Trinajstić information content (AvgIpc) is 1.14. The van der Waals surface area contributed by atoms with Gasteiger partial charge in [0.25, 0.3) is 0 Å². The van der Waals surface area contributed by atoms with E-state index in [1.54, 1.807) is 0 Å². The Balaban J connectivity index is 0. The summed E-state index contributed by atoms with van der Waals surface area (Å²) in [6, 6.07) is 0. The number of rotatable bonds is 2. The van der Waals surface area contributed by atoms with E-state index < -0.39 is 16.6 Å². The minimum absolute atomic E-state index is 0. The summed E-state index contributed by atoms with van der Waals surface area (Å²) in [6.45, 7) is 13.4. The summed E-state index contributed by atoms with van der Waals surface area (Å²) in [5, 5.41) is 0. The normalized spacial score (nSPS) is 12.6. The summed E-state index contributed by atoms with van der Waals surface area (Å²) in [5.74, 6) is 0. The molecule has 0 aliphatic rings. The van der Waals surface area contributed by atoms with Crippen molar-refractivity contribution < 1.29 is 4.12 Å². The molecule has 0 heterocycles. The van der Waals surface area contributed by atoms with Crippen LogP contribution in [0.5, 0.6) is 0 Å². The highest BCUT2D eigenvalue weighted by Gasteiger charge is 2.24. The lowest BCUT2D eigenvalue weighted by atomic mass is 11.8. The highest BCUT2D eigenvalue weighted by molar-refractivity contribution is 6.83. The molecule has 0 aromatic heterocycles. The quantitative estimate of drug-likeness (QED) is 0.620. The van der Waals surface area contributed by atoms with Gasteiger partial charge in [0.05, 0.1) is 0 Å². The van der Waals surface area contributed by atoms with Gasteiger partial charge in [0.1, 0.15) is 0 Å². The second-order valence-electron chi connectivity index (χ2n) is 4.33. The van der Waals surface area contributed by atoms with E-state index in [4.69, 9.17) is 4.12 Å². The number of hydrogen-bond donors (Lipinski definition) is 0. The van der Waals surface area contributed by atoms with Gasteiger partial charge in [-0.2, -0.15) is 0 Å². The van der Waals surface area contributed by atoms with E-state index in [-0.39, 0.29) is 12.4 Å². The van der Waals surface area contributed by atoms with Crippen LogP contribution in [-0.2, 0) is 4.12 Å². The fraction of sp³-hybridized carbons (Fsp3) is 1.00. The molecule has 0 aliphatic heterocycles. The first kappa shape index (κ1) is 13.3. The maximum absolute atomic E-state index is 5.90. The third-order valence-electron chi connectivity index (χ3n) is 0.612. The van der Waals surface area contributed by atoms with Crippen molar-refractivity contribution >= 4 is 29.0 Å². The van der Waals surface area contributed by atoms with E-state index in [0.717, 1.165) is 0 Å². The van der Waals surface area contributed by atoms with Gasteiger partial charge in [-0.05, 0) is 39.3 Å². The van der Waals surface area contributed by atoms with Crippen LogP contribution in [0, 0.1) is 0 Å². The largest absolute Gasteiger partial charge is 0.456 e. The zero-order chi connectivity index (χ0) is 7.71. The molecule has 0 bridgehead atoms. The number of halogens is 1. The molecule has 0 radical (unpaired) electrons. The zero-order valence-electron chi connectivity index (χ0n) is 7.82. The molecule has 4 heteroatoms. The molecule has 10 heavy (non-hydrogen) atoms. The summed E-state index contributed by atoms with van der Waals surface area (Å²) >= 11 is 0. The average molecular weight is 199 g/mol. The van der Waals surface area contributed by atoms with E-state index in [0.29, 0.717) is 0 Å². The first-order valence-electron chi connectivity index (χ1n) is 3.41. The van der Waals surface area contributed by atoms with Gasteiger partial charge in [-0.3, -0.25) is 0 Å². The van der Waals surface area contributed by atoms with Gasteiger partial charge in [0, 0.05) is 0 Å². The van der Waals surface area contributed by atoms with Gasteiger partial charge in [-0.25, -0.2) is 0 Å². The van der Waals surface area contributed by atoms with Gasteiger partial charge < -0.3 is 4.12 Å². The minimum Gasteiger partial charge on any atom is -0.456 e. The van der Waals surface area contributed by atoms with Crippen molar-refractivity contribution in [2.45, 2.75) is 39.3 Å². The highest BCUT2D eigenvalue weighted by atomic mass is 35.5. The third kappa shape index (κ3) is 11.5. The molecule has 0 spiro atoms. The van der Waals surface area contributed by atoms with Crippen molar-refractivity contribution in [2.24, 2.45) is 0 Å². The fourth-order valence-electron chi connectivity index (χ4n) is 0.919. The lowest BCUT2D eigenvalue weighted by molar-refractivity contribution is 0.559. The van der Waals surface area contributed by atoms with Gasteiger partial charge in [0.2, 0.25) is 0 Å². The molecule has 0 aromatic carbocycles. The molecule has 0 aromatic rings. The summed E-state index contributed by atoms with van der Waals surface area (Å²) in [5.41, 5.74) is 0. The molecule has 0 rings (SSSR count). The predicted molar refractivity (Wildman–Crippen MR) is 55.0 cm³/mol. The maximum Gasteiger partial charge on any atom is 0.170 e. The lowest BCUT2D eigenvalue weighted by Crippen LogP contribution is -2.39. The van der Waals surface area contributed by atoms with E-state index >= 15 is 0 Å². The molecular formula is C6H19ClOSi2. The van der Waals surface area contributed by atoms with Gasteiger partial charge in [-0.1, -0.05) is 0 Å². The third-order valence-corrected chi connectivity index (χ3v) is 5.51. The highest BCUT2D eigenvalue weighted by Crippen LogP contribution is 2.12. The Hall–Kier alpha value is 0.684. The summed E-state index contributed by atoms with van der Waals surface area (Å²) in [6.07, 6.45) is 0. The monoisotopic (exact) mass is 198 g/mol.